The Morgan fingerprint density at radius 3 is 2.25 bits per heavy atom. The summed E-state index contributed by atoms with van der Waals surface area (Å²) in [5.74, 6) is -2.85. The van der Waals surface area contributed by atoms with E-state index < -0.39 is 24.2 Å². The normalized spacial score (nSPS) is 11.8. The van der Waals surface area contributed by atoms with Crippen molar-refractivity contribution in [1.29, 1.82) is 0 Å². The van der Waals surface area contributed by atoms with Crippen molar-refractivity contribution in [2.45, 2.75) is 19.0 Å². The second kappa shape index (κ2) is 7.38. The third kappa shape index (κ3) is 5.28. The summed E-state index contributed by atoms with van der Waals surface area (Å²) in [4.78, 5) is 22.3. The molecule has 20 heavy (non-hydrogen) atoms. The summed E-state index contributed by atoms with van der Waals surface area (Å²) in [6, 6.07) is 6.08. The van der Waals surface area contributed by atoms with Gasteiger partial charge in [0.2, 0.25) is 5.78 Å². The van der Waals surface area contributed by atoms with Crippen molar-refractivity contribution in [3.05, 3.63) is 41.5 Å². The molecule has 6 heteroatoms. The SMILES string of the molecule is O=C(CC(=O)C(F)(F)F)c1ccc(C=CCCBr)cc1. The van der Waals surface area contributed by atoms with Gasteiger partial charge in [-0.25, -0.2) is 0 Å². The van der Waals surface area contributed by atoms with Gasteiger partial charge >= 0.3 is 6.18 Å². The summed E-state index contributed by atoms with van der Waals surface area (Å²) in [5.41, 5.74) is 0.935. The molecule has 0 amide bonds. The van der Waals surface area contributed by atoms with Crippen molar-refractivity contribution < 1.29 is 22.8 Å². The summed E-state index contributed by atoms with van der Waals surface area (Å²) in [6.07, 6.45) is -1.49. The van der Waals surface area contributed by atoms with Gasteiger partial charge < -0.3 is 0 Å². The number of allylic oxidation sites excluding steroid dienone is 1. The molecule has 2 nitrogen and oxygen atoms in total. The molecular formula is C14H12BrF3O2. The summed E-state index contributed by atoms with van der Waals surface area (Å²) >= 11 is 3.27. The van der Waals surface area contributed by atoms with Gasteiger partial charge in [0.1, 0.15) is 0 Å². The fourth-order valence-electron chi connectivity index (χ4n) is 1.41. The lowest BCUT2D eigenvalue weighted by Crippen LogP contribution is -2.25. The Labute approximate surface area is 122 Å². The highest BCUT2D eigenvalue weighted by atomic mass is 79.9. The van der Waals surface area contributed by atoms with Crippen molar-refractivity contribution >= 4 is 33.6 Å². The van der Waals surface area contributed by atoms with E-state index in [4.69, 9.17) is 0 Å². The fraction of sp³-hybridized carbons (Fsp3) is 0.286. The second-order valence-corrected chi connectivity index (χ2v) is 4.82. The van der Waals surface area contributed by atoms with E-state index in [2.05, 4.69) is 15.9 Å². The number of halogens is 4. The van der Waals surface area contributed by atoms with Crippen LogP contribution in [-0.2, 0) is 4.79 Å². The lowest BCUT2D eigenvalue weighted by atomic mass is 10.0. The van der Waals surface area contributed by atoms with E-state index in [1.807, 2.05) is 12.2 Å². The molecule has 0 saturated carbocycles. The molecule has 0 unspecified atom stereocenters. The highest BCUT2D eigenvalue weighted by molar-refractivity contribution is 9.09. The first-order chi connectivity index (χ1) is 9.34. The molecule has 0 atom stereocenters. The van der Waals surface area contributed by atoms with Crippen molar-refractivity contribution in [3.8, 4) is 0 Å². The van der Waals surface area contributed by atoms with E-state index >= 15 is 0 Å². The number of hydrogen-bond donors (Lipinski definition) is 0. The molecule has 0 spiro atoms. The zero-order chi connectivity index (χ0) is 15.2. The summed E-state index contributed by atoms with van der Waals surface area (Å²) in [6.45, 7) is 0. The Morgan fingerprint density at radius 1 is 1.15 bits per heavy atom. The first kappa shape index (κ1) is 16.6. The van der Waals surface area contributed by atoms with Crippen LogP contribution in [0, 0.1) is 0 Å². The highest BCUT2D eigenvalue weighted by Crippen LogP contribution is 2.19. The van der Waals surface area contributed by atoms with E-state index in [-0.39, 0.29) is 5.56 Å². The van der Waals surface area contributed by atoms with Gasteiger partial charge in [0, 0.05) is 10.9 Å². The molecule has 1 aromatic rings. The van der Waals surface area contributed by atoms with Gasteiger partial charge in [-0.05, 0) is 12.0 Å². The van der Waals surface area contributed by atoms with Crippen LogP contribution in [0.1, 0.15) is 28.8 Å². The van der Waals surface area contributed by atoms with E-state index in [9.17, 15) is 22.8 Å². The molecule has 0 aliphatic heterocycles. The monoisotopic (exact) mass is 348 g/mol. The van der Waals surface area contributed by atoms with Gasteiger partial charge in [0.15, 0.2) is 5.78 Å². The van der Waals surface area contributed by atoms with Crippen molar-refractivity contribution in [3.63, 3.8) is 0 Å². The molecule has 0 heterocycles. The third-order valence-corrected chi connectivity index (χ3v) is 2.91. The highest BCUT2D eigenvalue weighted by Gasteiger charge is 2.39. The van der Waals surface area contributed by atoms with Crippen LogP contribution in [0.15, 0.2) is 30.3 Å². The smallest absolute Gasteiger partial charge is 0.294 e. The standard InChI is InChI=1S/C14H12BrF3O2/c15-8-2-1-3-10-4-6-11(7-5-10)12(19)9-13(20)14(16,17)18/h1,3-7H,2,8-9H2. The van der Waals surface area contributed by atoms with Gasteiger partial charge in [-0.2, -0.15) is 13.2 Å². The first-order valence-electron chi connectivity index (χ1n) is 5.80. The number of alkyl halides is 4. The van der Waals surface area contributed by atoms with Crippen molar-refractivity contribution in [1.82, 2.24) is 0 Å². The van der Waals surface area contributed by atoms with Crippen LogP contribution >= 0.6 is 15.9 Å². The van der Waals surface area contributed by atoms with Crippen LogP contribution in [0.25, 0.3) is 6.08 Å². The van der Waals surface area contributed by atoms with Crippen LogP contribution in [0.4, 0.5) is 13.2 Å². The lowest BCUT2D eigenvalue weighted by Gasteiger charge is -2.04. The van der Waals surface area contributed by atoms with E-state index in [0.29, 0.717) is 0 Å². The second-order valence-electron chi connectivity index (χ2n) is 4.02. The minimum Gasteiger partial charge on any atom is -0.294 e. The third-order valence-electron chi connectivity index (χ3n) is 2.46. The molecule has 0 aliphatic rings. The maximum atomic E-state index is 12.0. The number of hydrogen-bond acceptors (Lipinski definition) is 2. The zero-order valence-electron chi connectivity index (χ0n) is 10.4. The minimum atomic E-state index is -4.96. The summed E-state index contributed by atoms with van der Waals surface area (Å²) in [5, 5.41) is 0.833. The van der Waals surface area contributed by atoms with Crippen LogP contribution in [0.2, 0.25) is 0 Å². The van der Waals surface area contributed by atoms with Crippen LogP contribution in [0.3, 0.4) is 0 Å². The molecule has 0 fully saturated rings. The van der Waals surface area contributed by atoms with Gasteiger partial charge in [-0.1, -0.05) is 52.3 Å². The number of benzene rings is 1. The first-order valence-corrected chi connectivity index (χ1v) is 6.92. The predicted molar refractivity (Wildman–Crippen MR) is 73.9 cm³/mol. The molecule has 0 bridgehead atoms. The predicted octanol–water partition coefficient (Wildman–Crippen LogP) is 4.19. The molecule has 0 N–H and O–H groups in total. The molecular weight excluding hydrogens is 337 g/mol. The van der Waals surface area contributed by atoms with Crippen molar-refractivity contribution in [2.75, 3.05) is 5.33 Å². The minimum absolute atomic E-state index is 0.0974. The molecule has 1 rings (SSSR count). The Bertz CT molecular complexity index is 504. The molecule has 108 valence electrons. The Kier molecular flexibility index (Phi) is 6.13. The average Bonchev–Trinajstić information content (AvgIpc) is 2.38. The van der Waals surface area contributed by atoms with Crippen molar-refractivity contribution in [2.24, 2.45) is 0 Å². The summed E-state index contributed by atoms with van der Waals surface area (Å²) < 4.78 is 36.1. The number of carbonyl (C=O) groups excluding carboxylic acids is 2. The zero-order valence-corrected chi connectivity index (χ0v) is 12.0. The fourth-order valence-corrected chi connectivity index (χ4v) is 1.67. The van der Waals surface area contributed by atoms with Gasteiger partial charge in [-0.15, -0.1) is 0 Å². The van der Waals surface area contributed by atoms with E-state index in [1.54, 1.807) is 12.1 Å². The Hall–Kier alpha value is -1.43. The average molecular weight is 349 g/mol. The molecule has 0 radical (unpaired) electrons. The van der Waals surface area contributed by atoms with Gasteiger partial charge in [0.25, 0.3) is 0 Å². The molecule has 0 aliphatic carbocycles. The van der Waals surface area contributed by atoms with Crippen LogP contribution in [0.5, 0.6) is 0 Å². The molecule has 1 aromatic carbocycles. The quantitative estimate of drug-likeness (QED) is 0.439. The van der Waals surface area contributed by atoms with Crippen LogP contribution in [-0.4, -0.2) is 23.1 Å². The Morgan fingerprint density at radius 2 is 1.75 bits per heavy atom. The largest absolute Gasteiger partial charge is 0.450 e. The topological polar surface area (TPSA) is 34.1 Å². The lowest BCUT2D eigenvalue weighted by molar-refractivity contribution is -0.170. The van der Waals surface area contributed by atoms with E-state index in [0.717, 1.165) is 17.3 Å². The molecule has 0 saturated heterocycles. The van der Waals surface area contributed by atoms with Gasteiger partial charge in [-0.3, -0.25) is 9.59 Å². The Balaban J connectivity index is 2.69. The number of rotatable bonds is 6. The van der Waals surface area contributed by atoms with Gasteiger partial charge in [0.05, 0.1) is 6.42 Å². The van der Waals surface area contributed by atoms with Crippen LogP contribution < -0.4 is 0 Å². The maximum absolute atomic E-state index is 12.0. The number of ketones is 2. The van der Waals surface area contributed by atoms with E-state index in [1.165, 1.54) is 12.1 Å². The number of carbonyl (C=O) groups is 2. The molecule has 0 aromatic heterocycles. The maximum Gasteiger partial charge on any atom is 0.450 e. The number of Topliss-reactive ketones (excluding diaryl/α,β-unsaturated/α-hetero) is 2. The summed E-state index contributed by atoms with van der Waals surface area (Å²) in [7, 11) is 0.